The topological polar surface area (TPSA) is 76.9 Å². The molecule has 0 spiro atoms. The maximum absolute atomic E-state index is 14.9. The van der Waals surface area contributed by atoms with Crippen molar-refractivity contribution in [2.75, 3.05) is 7.05 Å². The molecule has 0 atom stereocenters. The molecule has 0 aliphatic rings. The number of rotatable bonds is 5. The summed E-state index contributed by atoms with van der Waals surface area (Å²) < 4.78 is 68.3. The van der Waals surface area contributed by atoms with Crippen molar-refractivity contribution in [3.8, 4) is 11.3 Å². The summed E-state index contributed by atoms with van der Waals surface area (Å²) in [5, 5.41) is 2.20. The minimum absolute atomic E-state index is 0.0106. The van der Waals surface area contributed by atoms with Crippen LogP contribution in [0.25, 0.3) is 11.3 Å². The molecular weight excluding hydrogens is 369 g/mol. The van der Waals surface area contributed by atoms with Gasteiger partial charge in [0.25, 0.3) is 10.0 Å². The Morgan fingerprint density at radius 3 is 2.54 bits per heavy atom. The molecule has 0 radical (unpaired) electrons. The first-order valence-corrected chi connectivity index (χ1v) is 8.82. The molecule has 0 amide bonds. The summed E-state index contributed by atoms with van der Waals surface area (Å²) in [5.41, 5.74) is -0.818. The van der Waals surface area contributed by atoms with E-state index in [-0.39, 0.29) is 17.7 Å². The lowest BCUT2D eigenvalue weighted by molar-refractivity contribution is 0.572. The lowest BCUT2D eigenvalue weighted by Crippen LogP contribution is -2.15. The SMILES string of the molecule is CNCc1cn(S(=O)(=O)c2ccc(F)cn2)c(-c2cccnc2F)c1F. The maximum atomic E-state index is 14.9. The maximum Gasteiger partial charge on any atom is 0.285 e. The molecule has 0 aliphatic heterocycles. The number of nitrogens with one attached hydrogen (secondary N) is 1. The van der Waals surface area contributed by atoms with E-state index in [1.54, 1.807) is 7.05 Å². The van der Waals surface area contributed by atoms with Crippen molar-refractivity contribution in [1.82, 2.24) is 19.3 Å². The van der Waals surface area contributed by atoms with Crippen LogP contribution in [0.1, 0.15) is 5.56 Å². The molecule has 0 saturated carbocycles. The van der Waals surface area contributed by atoms with Crippen LogP contribution in [0.15, 0.2) is 47.9 Å². The van der Waals surface area contributed by atoms with Crippen molar-refractivity contribution in [1.29, 1.82) is 0 Å². The molecule has 0 bridgehead atoms. The van der Waals surface area contributed by atoms with E-state index >= 15 is 0 Å². The summed E-state index contributed by atoms with van der Waals surface area (Å²) in [7, 11) is -2.84. The number of aromatic nitrogens is 3. The zero-order valence-electron chi connectivity index (χ0n) is 13.4. The number of nitrogens with zero attached hydrogens (tertiary/aromatic N) is 3. The molecule has 6 nitrogen and oxygen atoms in total. The van der Waals surface area contributed by atoms with Crippen LogP contribution < -0.4 is 5.32 Å². The van der Waals surface area contributed by atoms with Gasteiger partial charge in [0.2, 0.25) is 5.95 Å². The fourth-order valence-corrected chi connectivity index (χ4v) is 3.74. The largest absolute Gasteiger partial charge is 0.316 e. The number of hydrogen-bond donors (Lipinski definition) is 1. The second-order valence-electron chi connectivity index (χ2n) is 5.30. The minimum atomic E-state index is -4.39. The smallest absolute Gasteiger partial charge is 0.285 e. The number of hydrogen-bond acceptors (Lipinski definition) is 5. The zero-order chi connectivity index (χ0) is 18.9. The molecule has 0 aliphatic carbocycles. The predicted octanol–water partition coefficient (Wildman–Crippen LogP) is 2.32. The molecule has 0 fully saturated rings. The normalized spacial score (nSPS) is 11.7. The van der Waals surface area contributed by atoms with Gasteiger partial charge in [-0.3, -0.25) is 0 Å². The minimum Gasteiger partial charge on any atom is -0.316 e. The van der Waals surface area contributed by atoms with Gasteiger partial charge in [-0.1, -0.05) is 0 Å². The lowest BCUT2D eigenvalue weighted by atomic mass is 10.2. The molecule has 0 unspecified atom stereocenters. The van der Waals surface area contributed by atoms with Crippen LogP contribution in [0.4, 0.5) is 13.2 Å². The van der Waals surface area contributed by atoms with Gasteiger partial charge in [0.1, 0.15) is 11.5 Å². The highest BCUT2D eigenvalue weighted by Gasteiger charge is 2.29. The van der Waals surface area contributed by atoms with Crippen molar-refractivity contribution in [2.24, 2.45) is 0 Å². The Morgan fingerprint density at radius 1 is 1.15 bits per heavy atom. The fraction of sp³-hybridized carbons (Fsp3) is 0.125. The highest BCUT2D eigenvalue weighted by atomic mass is 32.2. The quantitative estimate of drug-likeness (QED) is 0.686. The second-order valence-corrected chi connectivity index (χ2v) is 7.07. The first-order chi connectivity index (χ1) is 12.4. The molecule has 3 heterocycles. The van der Waals surface area contributed by atoms with E-state index in [1.165, 1.54) is 12.1 Å². The molecule has 0 aromatic carbocycles. The van der Waals surface area contributed by atoms with Crippen molar-refractivity contribution in [3.05, 3.63) is 66.0 Å². The Hall–Kier alpha value is -2.72. The van der Waals surface area contributed by atoms with Gasteiger partial charge in [0.05, 0.1) is 11.8 Å². The fourth-order valence-electron chi connectivity index (χ4n) is 2.43. The Kier molecular flexibility index (Phi) is 4.79. The van der Waals surface area contributed by atoms with Crippen molar-refractivity contribution in [2.45, 2.75) is 11.6 Å². The van der Waals surface area contributed by atoms with Gasteiger partial charge in [-0.25, -0.2) is 22.7 Å². The van der Waals surface area contributed by atoms with Gasteiger partial charge >= 0.3 is 0 Å². The van der Waals surface area contributed by atoms with Crippen LogP contribution >= 0.6 is 0 Å². The van der Waals surface area contributed by atoms with Crippen LogP contribution in [0, 0.1) is 17.6 Å². The standard InChI is InChI=1S/C16H13F3N4O2S/c1-20-7-10-9-23(26(24,25)13-5-4-11(17)8-22-13)15(14(10)18)12-3-2-6-21-16(12)19/h2-6,8-9,20H,7H2,1H3. The summed E-state index contributed by atoms with van der Waals surface area (Å²) in [5.74, 6) is -2.65. The third kappa shape index (κ3) is 3.08. The van der Waals surface area contributed by atoms with Gasteiger partial charge in [-0.2, -0.15) is 12.8 Å². The van der Waals surface area contributed by atoms with E-state index in [4.69, 9.17) is 0 Å². The van der Waals surface area contributed by atoms with Crippen molar-refractivity contribution < 1.29 is 21.6 Å². The average Bonchev–Trinajstić information content (AvgIpc) is 2.94. The summed E-state index contributed by atoms with van der Waals surface area (Å²) in [6.45, 7) is 0.0140. The summed E-state index contributed by atoms with van der Waals surface area (Å²) >= 11 is 0. The zero-order valence-corrected chi connectivity index (χ0v) is 14.3. The summed E-state index contributed by atoms with van der Waals surface area (Å²) in [4.78, 5) is 6.97. The van der Waals surface area contributed by atoms with Gasteiger partial charge < -0.3 is 5.32 Å². The van der Waals surface area contributed by atoms with Crippen LogP contribution in [0.2, 0.25) is 0 Å². The molecule has 3 aromatic rings. The Balaban J connectivity index is 2.28. The van der Waals surface area contributed by atoms with E-state index in [2.05, 4.69) is 15.3 Å². The van der Waals surface area contributed by atoms with Crippen molar-refractivity contribution in [3.63, 3.8) is 0 Å². The molecule has 0 saturated heterocycles. The van der Waals surface area contributed by atoms with E-state index < -0.39 is 38.3 Å². The van der Waals surface area contributed by atoms with Gasteiger partial charge in [0, 0.05) is 24.5 Å². The number of halogens is 3. The van der Waals surface area contributed by atoms with E-state index in [1.807, 2.05) is 0 Å². The average molecular weight is 382 g/mol. The molecular formula is C16H13F3N4O2S. The van der Waals surface area contributed by atoms with Crippen molar-refractivity contribution >= 4 is 10.0 Å². The monoisotopic (exact) mass is 382 g/mol. The highest BCUT2D eigenvalue weighted by molar-refractivity contribution is 7.90. The van der Waals surface area contributed by atoms with E-state index in [0.717, 1.165) is 30.7 Å². The van der Waals surface area contributed by atoms with Gasteiger partial charge in [-0.05, 0) is 31.3 Å². The second kappa shape index (κ2) is 6.89. The number of pyridine rings is 2. The Bertz CT molecular complexity index is 1050. The summed E-state index contributed by atoms with van der Waals surface area (Å²) in [6, 6.07) is 4.44. The molecule has 3 aromatic heterocycles. The van der Waals surface area contributed by atoms with Crippen LogP contribution in [0.3, 0.4) is 0 Å². The summed E-state index contributed by atoms with van der Waals surface area (Å²) in [6.07, 6.45) is 2.92. The van der Waals surface area contributed by atoms with Crippen LogP contribution in [-0.4, -0.2) is 29.4 Å². The first-order valence-electron chi connectivity index (χ1n) is 7.38. The molecule has 3 rings (SSSR count). The van der Waals surface area contributed by atoms with Crippen LogP contribution in [-0.2, 0) is 16.6 Å². The molecule has 26 heavy (non-hydrogen) atoms. The van der Waals surface area contributed by atoms with E-state index in [0.29, 0.717) is 3.97 Å². The Labute approximate surface area is 147 Å². The highest BCUT2D eigenvalue weighted by Crippen LogP contribution is 2.31. The van der Waals surface area contributed by atoms with Gasteiger partial charge in [0.15, 0.2) is 10.8 Å². The molecule has 136 valence electrons. The molecule has 10 heteroatoms. The third-order valence-corrected chi connectivity index (χ3v) is 5.16. The van der Waals surface area contributed by atoms with Crippen LogP contribution in [0.5, 0.6) is 0 Å². The lowest BCUT2D eigenvalue weighted by Gasteiger charge is -2.10. The predicted molar refractivity (Wildman–Crippen MR) is 87.1 cm³/mol. The third-order valence-electron chi connectivity index (χ3n) is 3.59. The Morgan fingerprint density at radius 2 is 1.92 bits per heavy atom. The molecule has 1 N–H and O–H groups in total. The van der Waals surface area contributed by atoms with E-state index in [9.17, 15) is 21.6 Å². The van der Waals surface area contributed by atoms with Gasteiger partial charge in [-0.15, -0.1) is 0 Å². The first kappa shape index (κ1) is 18.1.